The molecule has 0 radical (unpaired) electrons. The molecular weight excluding hydrogens is 242 g/mol. The first-order valence-corrected chi connectivity index (χ1v) is 7.37. The molecule has 108 valence electrons. The van der Waals surface area contributed by atoms with Crippen LogP contribution in [0.3, 0.4) is 0 Å². The van der Waals surface area contributed by atoms with Crippen molar-refractivity contribution in [2.75, 3.05) is 13.1 Å². The van der Waals surface area contributed by atoms with Crippen molar-refractivity contribution in [1.29, 1.82) is 0 Å². The molecule has 0 spiro atoms. The zero-order valence-corrected chi connectivity index (χ0v) is 11.7. The number of nitrogens with zero attached hydrogens (tertiary/aromatic N) is 1. The lowest BCUT2D eigenvalue weighted by atomic mass is 9.85. The van der Waals surface area contributed by atoms with E-state index >= 15 is 0 Å². The van der Waals surface area contributed by atoms with Gasteiger partial charge in [-0.3, -0.25) is 9.59 Å². The maximum atomic E-state index is 11.3. The number of primary amides is 1. The van der Waals surface area contributed by atoms with Crippen LogP contribution in [0.4, 0.5) is 0 Å². The summed E-state index contributed by atoms with van der Waals surface area (Å²) in [6, 6.07) is 1.04. The van der Waals surface area contributed by atoms with Gasteiger partial charge in [-0.2, -0.15) is 0 Å². The standard InChI is InChI=1S/C14H25N3O2/c1-10(18)17-8-6-13(7-9-17)16-12-4-2-11(3-5-12)14(15)19/h11-13,16H,2-9H2,1H3,(H2,15,19). The lowest BCUT2D eigenvalue weighted by Gasteiger charge is -2.36. The van der Waals surface area contributed by atoms with Crippen LogP contribution in [0.5, 0.6) is 0 Å². The van der Waals surface area contributed by atoms with Crippen LogP contribution in [0, 0.1) is 5.92 Å². The molecule has 1 heterocycles. The van der Waals surface area contributed by atoms with Gasteiger partial charge in [0.15, 0.2) is 0 Å². The van der Waals surface area contributed by atoms with Crippen molar-refractivity contribution >= 4 is 11.8 Å². The van der Waals surface area contributed by atoms with E-state index in [0.717, 1.165) is 51.6 Å². The van der Waals surface area contributed by atoms with Crippen molar-refractivity contribution in [3.8, 4) is 0 Å². The van der Waals surface area contributed by atoms with Gasteiger partial charge < -0.3 is 16.0 Å². The van der Waals surface area contributed by atoms with E-state index in [1.807, 2.05) is 4.90 Å². The van der Waals surface area contributed by atoms with E-state index < -0.39 is 0 Å². The molecule has 1 aliphatic heterocycles. The quantitative estimate of drug-likeness (QED) is 0.787. The number of amides is 2. The van der Waals surface area contributed by atoms with Gasteiger partial charge >= 0.3 is 0 Å². The van der Waals surface area contributed by atoms with Crippen LogP contribution >= 0.6 is 0 Å². The molecule has 1 saturated carbocycles. The van der Waals surface area contributed by atoms with Gasteiger partial charge in [-0.05, 0) is 38.5 Å². The third-order valence-electron chi connectivity index (χ3n) is 4.54. The third kappa shape index (κ3) is 3.93. The largest absolute Gasteiger partial charge is 0.369 e. The third-order valence-corrected chi connectivity index (χ3v) is 4.54. The van der Waals surface area contributed by atoms with Crippen molar-refractivity contribution in [2.45, 2.75) is 57.5 Å². The Hall–Kier alpha value is -1.10. The molecule has 2 aliphatic rings. The van der Waals surface area contributed by atoms with Crippen LogP contribution in [0.2, 0.25) is 0 Å². The van der Waals surface area contributed by atoms with Gasteiger partial charge in [-0.25, -0.2) is 0 Å². The summed E-state index contributed by atoms with van der Waals surface area (Å²) in [7, 11) is 0. The van der Waals surface area contributed by atoms with Crippen LogP contribution in [-0.4, -0.2) is 41.9 Å². The highest BCUT2D eigenvalue weighted by Gasteiger charge is 2.27. The van der Waals surface area contributed by atoms with E-state index in [-0.39, 0.29) is 17.7 Å². The zero-order valence-electron chi connectivity index (χ0n) is 11.7. The molecule has 19 heavy (non-hydrogen) atoms. The average Bonchev–Trinajstić information content (AvgIpc) is 2.40. The summed E-state index contributed by atoms with van der Waals surface area (Å²) in [5.41, 5.74) is 5.34. The van der Waals surface area contributed by atoms with E-state index in [9.17, 15) is 9.59 Å². The summed E-state index contributed by atoms with van der Waals surface area (Å²) < 4.78 is 0. The first kappa shape index (κ1) is 14.3. The van der Waals surface area contributed by atoms with Crippen LogP contribution in [0.1, 0.15) is 45.4 Å². The number of nitrogens with two attached hydrogens (primary N) is 1. The normalized spacial score (nSPS) is 29.2. The smallest absolute Gasteiger partial charge is 0.220 e. The molecule has 5 nitrogen and oxygen atoms in total. The molecule has 2 amide bonds. The fourth-order valence-electron chi connectivity index (χ4n) is 3.24. The van der Waals surface area contributed by atoms with Crippen LogP contribution in [0.15, 0.2) is 0 Å². The number of piperidine rings is 1. The van der Waals surface area contributed by atoms with Crippen molar-refractivity contribution in [2.24, 2.45) is 11.7 Å². The topological polar surface area (TPSA) is 75.4 Å². The fourth-order valence-corrected chi connectivity index (χ4v) is 3.24. The Bertz CT molecular complexity index is 298. The second-order valence-corrected chi connectivity index (χ2v) is 5.90. The molecule has 0 aromatic carbocycles. The molecule has 2 fully saturated rings. The number of carbonyl (C=O) groups excluding carboxylic acids is 2. The Morgan fingerprint density at radius 3 is 2.00 bits per heavy atom. The van der Waals surface area contributed by atoms with Gasteiger partial charge in [0.2, 0.25) is 11.8 Å². The van der Waals surface area contributed by atoms with E-state index in [1.54, 1.807) is 6.92 Å². The van der Waals surface area contributed by atoms with E-state index in [4.69, 9.17) is 5.73 Å². The molecule has 0 aromatic heterocycles. The van der Waals surface area contributed by atoms with Gasteiger partial charge in [0.05, 0.1) is 0 Å². The molecule has 0 bridgehead atoms. The number of hydrogen-bond donors (Lipinski definition) is 2. The van der Waals surface area contributed by atoms with Gasteiger partial charge in [-0.1, -0.05) is 0 Å². The summed E-state index contributed by atoms with van der Waals surface area (Å²) in [6.45, 7) is 3.37. The number of likely N-dealkylation sites (tertiary alicyclic amines) is 1. The maximum absolute atomic E-state index is 11.3. The predicted molar refractivity (Wildman–Crippen MR) is 73.4 cm³/mol. The summed E-state index contributed by atoms with van der Waals surface area (Å²) in [5.74, 6) is 0.117. The summed E-state index contributed by atoms with van der Waals surface area (Å²) in [6.07, 6.45) is 5.99. The maximum Gasteiger partial charge on any atom is 0.220 e. The highest BCUT2D eigenvalue weighted by atomic mass is 16.2. The molecule has 1 saturated heterocycles. The summed E-state index contributed by atoms with van der Waals surface area (Å²) in [5, 5.41) is 3.69. The molecule has 2 rings (SSSR count). The Kier molecular flexibility index (Phi) is 4.80. The molecule has 0 aromatic rings. The monoisotopic (exact) mass is 267 g/mol. The van der Waals surface area contributed by atoms with Gasteiger partial charge in [0, 0.05) is 38.0 Å². The first-order valence-electron chi connectivity index (χ1n) is 7.37. The minimum Gasteiger partial charge on any atom is -0.369 e. The minimum absolute atomic E-state index is 0.0811. The van der Waals surface area contributed by atoms with Crippen LogP contribution < -0.4 is 11.1 Å². The Balaban J connectivity index is 1.69. The molecule has 0 atom stereocenters. The lowest BCUT2D eigenvalue weighted by molar-refractivity contribution is -0.129. The Labute approximate surface area is 114 Å². The van der Waals surface area contributed by atoms with Crippen LogP contribution in [0.25, 0.3) is 0 Å². The average molecular weight is 267 g/mol. The van der Waals surface area contributed by atoms with Crippen molar-refractivity contribution in [3.05, 3.63) is 0 Å². The lowest BCUT2D eigenvalue weighted by Crippen LogP contribution is -2.48. The molecule has 3 N–H and O–H groups in total. The number of hydrogen-bond acceptors (Lipinski definition) is 3. The molecule has 0 unspecified atom stereocenters. The summed E-state index contributed by atoms with van der Waals surface area (Å²) >= 11 is 0. The van der Waals surface area contributed by atoms with Crippen molar-refractivity contribution in [1.82, 2.24) is 10.2 Å². The zero-order chi connectivity index (χ0) is 13.8. The van der Waals surface area contributed by atoms with Crippen molar-refractivity contribution in [3.63, 3.8) is 0 Å². The van der Waals surface area contributed by atoms with Gasteiger partial charge in [0.1, 0.15) is 0 Å². The van der Waals surface area contributed by atoms with E-state index in [2.05, 4.69) is 5.32 Å². The second-order valence-electron chi connectivity index (χ2n) is 5.90. The predicted octanol–water partition coefficient (Wildman–Crippen LogP) is 0.631. The highest BCUT2D eigenvalue weighted by molar-refractivity contribution is 5.76. The Morgan fingerprint density at radius 2 is 1.53 bits per heavy atom. The SMILES string of the molecule is CC(=O)N1CCC(NC2CCC(C(N)=O)CC2)CC1. The first-order chi connectivity index (χ1) is 9.06. The highest BCUT2D eigenvalue weighted by Crippen LogP contribution is 2.25. The molecule has 1 aliphatic carbocycles. The van der Waals surface area contributed by atoms with Crippen LogP contribution in [-0.2, 0) is 9.59 Å². The number of carbonyl (C=O) groups is 2. The molecular formula is C14H25N3O2. The number of nitrogens with one attached hydrogen (secondary N) is 1. The van der Waals surface area contributed by atoms with E-state index in [1.165, 1.54) is 0 Å². The fraction of sp³-hybridized carbons (Fsp3) is 0.857. The minimum atomic E-state index is -0.145. The Morgan fingerprint density at radius 1 is 1.00 bits per heavy atom. The molecule has 5 heteroatoms. The summed E-state index contributed by atoms with van der Waals surface area (Å²) in [4.78, 5) is 24.3. The van der Waals surface area contributed by atoms with Gasteiger partial charge in [-0.15, -0.1) is 0 Å². The van der Waals surface area contributed by atoms with E-state index in [0.29, 0.717) is 12.1 Å². The second kappa shape index (κ2) is 6.37. The van der Waals surface area contributed by atoms with Crippen molar-refractivity contribution < 1.29 is 9.59 Å². The number of rotatable bonds is 3. The van der Waals surface area contributed by atoms with Gasteiger partial charge in [0.25, 0.3) is 0 Å².